The summed E-state index contributed by atoms with van der Waals surface area (Å²) in [5, 5.41) is 9.35. The fourth-order valence-corrected chi connectivity index (χ4v) is 3.92. The summed E-state index contributed by atoms with van der Waals surface area (Å²) >= 11 is 0. The molecule has 5 N–H and O–H groups in total. The van der Waals surface area contributed by atoms with E-state index in [1.165, 1.54) is 10.9 Å². The Kier molecular flexibility index (Phi) is 3.10. The van der Waals surface area contributed by atoms with Crippen LogP contribution < -0.4 is 11.3 Å². The highest BCUT2D eigenvalue weighted by Gasteiger charge is 2.57. The predicted octanol–water partition coefficient (Wildman–Crippen LogP) is -1.52. The summed E-state index contributed by atoms with van der Waals surface area (Å²) in [7, 11) is -4.23. The Morgan fingerprint density at radius 1 is 1.43 bits per heavy atom. The standard InChI is InChI=1S/C10H12N5O7P/c11-10-13-7-4(8(17)14-10)12-2-15(7)9-6-5(3(1-16)20-9)21-23(18,19)22-6/h2-3,5-6,9,16H,1H2,(H,18,19)(H3,11,13,14,17). The molecular weight excluding hydrogens is 333 g/mol. The fourth-order valence-electron chi connectivity index (χ4n) is 2.78. The molecule has 13 heteroatoms. The molecule has 12 nitrogen and oxygen atoms in total. The van der Waals surface area contributed by atoms with E-state index in [1.54, 1.807) is 0 Å². The SMILES string of the molecule is Nc1nc2c(ncn2C2OC(CO)C3OP(=O)(O)OC32)c(=O)[nH]1. The summed E-state index contributed by atoms with van der Waals surface area (Å²) in [6, 6.07) is 0. The summed E-state index contributed by atoms with van der Waals surface area (Å²) in [5.41, 5.74) is 5.14. The van der Waals surface area contributed by atoms with Crippen LogP contribution in [0.4, 0.5) is 5.95 Å². The average Bonchev–Trinajstić information content (AvgIpc) is 3.09. The lowest BCUT2D eigenvalue weighted by Crippen LogP contribution is -2.30. The lowest BCUT2D eigenvalue weighted by molar-refractivity contribution is -0.0589. The number of aliphatic hydroxyl groups is 1. The van der Waals surface area contributed by atoms with Crippen LogP contribution in [0.1, 0.15) is 6.23 Å². The molecule has 2 aliphatic rings. The molecule has 23 heavy (non-hydrogen) atoms. The molecule has 4 rings (SSSR count). The summed E-state index contributed by atoms with van der Waals surface area (Å²) in [6.07, 6.45) is -2.46. The smallest absolute Gasteiger partial charge is 0.394 e. The van der Waals surface area contributed by atoms with Gasteiger partial charge in [-0.05, 0) is 0 Å². The van der Waals surface area contributed by atoms with Crippen molar-refractivity contribution in [3.05, 3.63) is 16.7 Å². The van der Waals surface area contributed by atoms with Crippen LogP contribution in [0.3, 0.4) is 0 Å². The van der Waals surface area contributed by atoms with E-state index >= 15 is 0 Å². The summed E-state index contributed by atoms with van der Waals surface area (Å²) < 4.78 is 28.5. The van der Waals surface area contributed by atoms with Crippen molar-refractivity contribution in [1.82, 2.24) is 19.5 Å². The number of phosphoric ester groups is 1. The molecule has 2 aliphatic heterocycles. The maximum absolute atomic E-state index is 11.8. The Labute approximate surface area is 127 Å². The minimum absolute atomic E-state index is 0.0258. The lowest BCUT2D eigenvalue weighted by atomic mass is 10.1. The van der Waals surface area contributed by atoms with Crippen LogP contribution in [0.25, 0.3) is 11.2 Å². The average molecular weight is 345 g/mol. The topological polar surface area (TPSA) is 175 Å². The van der Waals surface area contributed by atoms with Crippen molar-refractivity contribution >= 4 is 24.9 Å². The molecule has 0 amide bonds. The highest BCUT2D eigenvalue weighted by molar-refractivity contribution is 7.47. The zero-order valence-corrected chi connectivity index (χ0v) is 12.3. The molecule has 2 aromatic heterocycles. The molecular formula is C10H12N5O7P. The third kappa shape index (κ3) is 2.19. The van der Waals surface area contributed by atoms with Gasteiger partial charge in [0.1, 0.15) is 18.3 Å². The Morgan fingerprint density at radius 3 is 2.91 bits per heavy atom. The number of imidazole rings is 1. The molecule has 0 bridgehead atoms. The van der Waals surface area contributed by atoms with Gasteiger partial charge >= 0.3 is 7.82 Å². The number of nitrogens with zero attached hydrogens (tertiary/aromatic N) is 3. The number of hydrogen-bond acceptors (Lipinski definition) is 9. The van der Waals surface area contributed by atoms with Crippen molar-refractivity contribution in [2.24, 2.45) is 0 Å². The van der Waals surface area contributed by atoms with E-state index in [1.807, 2.05) is 0 Å². The summed E-state index contributed by atoms with van der Waals surface area (Å²) in [6.45, 7) is -0.441. The molecule has 2 fully saturated rings. The number of ether oxygens (including phenoxy) is 1. The fraction of sp³-hybridized carbons (Fsp3) is 0.500. The van der Waals surface area contributed by atoms with Crippen molar-refractivity contribution < 1.29 is 28.3 Å². The summed E-state index contributed by atoms with van der Waals surface area (Å²) in [4.78, 5) is 31.5. The Balaban J connectivity index is 1.82. The van der Waals surface area contributed by atoms with Crippen LogP contribution in [0.2, 0.25) is 0 Å². The van der Waals surface area contributed by atoms with Gasteiger partial charge in [0.05, 0.1) is 12.9 Å². The maximum Gasteiger partial charge on any atom is 0.473 e. The molecule has 0 aliphatic carbocycles. The molecule has 0 radical (unpaired) electrons. The number of aromatic nitrogens is 4. The number of H-pyrrole nitrogens is 1. The van der Waals surface area contributed by atoms with Crippen LogP contribution >= 0.6 is 7.82 Å². The minimum Gasteiger partial charge on any atom is -0.394 e. The number of nitrogen functional groups attached to an aromatic ring is 1. The second-order valence-electron chi connectivity index (χ2n) is 5.13. The van der Waals surface area contributed by atoms with Gasteiger partial charge in [-0.3, -0.25) is 23.4 Å². The highest BCUT2D eigenvalue weighted by atomic mass is 31.2. The minimum atomic E-state index is -4.23. The molecule has 2 saturated heterocycles. The maximum atomic E-state index is 11.8. The van der Waals surface area contributed by atoms with E-state index in [-0.39, 0.29) is 17.1 Å². The number of anilines is 1. The first-order valence-corrected chi connectivity index (χ1v) is 8.07. The zero-order valence-electron chi connectivity index (χ0n) is 11.4. The first kappa shape index (κ1) is 14.8. The van der Waals surface area contributed by atoms with Gasteiger partial charge in [-0.1, -0.05) is 0 Å². The molecule has 2 aromatic rings. The van der Waals surface area contributed by atoms with E-state index in [0.717, 1.165) is 0 Å². The lowest BCUT2D eigenvalue weighted by Gasteiger charge is -2.18. The largest absolute Gasteiger partial charge is 0.473 e. The van der Waals surface area contributed by atoms with E-state index < -0.39 is 44.5 Å². The van der Waals surface area contributed by atoms with E-state index in [0.29, 0.717) is 0 Å². The Bertz CT molecular complexity index is 880. The Hall–Kier alpha value is -1.82. The normalized spacial score (nSPS) is 36.6. The van der Waals surface area contributed by atoms with Crippen LogP contribution in [0, 0.1) is 0 Å². The van der Waals surface area contributed by atoms with Gasteiger partial charge in [0.15, 0.2) is 17.4 Å². The van der Waals surface area contributed by atoms with Gasteiger partial charge in [0.25, 0.3) is 5.56 Å². The summed E-state index contributed by atoms with van der Waals surface area (Å²) in [5.74, 6) is -0.117. The van der Waals surface area contributed by atoms with Gasteiger partial charge in [-0.25, -0.2) is 9.55 Å². The van der Waals surface area contributed by atoms with Crippen molar-refractivity contribution in [3.8, 4) is 0 Å². The van der Waals surface area contributed by atoms with Gasteiger partial charge in [0.2, 0.25) is 5.95 Å². The monoisotopic (exact) mass is 345 g/mol. The number of rotatable bonds is 2. The number of aromatic amines is 1. The first-order chi connectivity index (χ1) is 10.9. The van der Waals surface area contributed by atoms with E-state index in [2.05, 4.69) is 15.0 Å². The van der Waals surface area contributed by atoms with Gasteiger partial charge in [-0.2, -0.15) is 4.98 Å². The highest BCUT2D eigenvalue weighted by Crippen LogP contribution is 2.58. The second kappa shape index (κ2) is 4.84. The van der Waals surface area contributed by atoms with Crippen LogP contribution in [0.15, 0.2) is 11.1 Å². The Morgan fingerprint density at radius 2 is 2.17 bits per heavy atom. The number of fused-ring (bicyclic) bond motifs is 2. The molecule has 0 aromatic carbocycles. The second-order valence-corrected chi connectivity index (χ2v) is 6.49. The molecule has 5 unspecified atom stereocenters. The van der Waals surface area contributed by atoms with E-state index in [4.69, 9.17) is 19.5 Å². The van der Waals surface area contributed by atoms with Crippen LogP contribution in [-0.4, -0.2) is 54.4 Å². The number of nitrogens with two attached hydrogens (primary N) is 1. The van der Waals surface area contributed by atoms with Crippen molar-refractivity contribution in [2.45, 2.75) is 24.5 Å². The van der Waals surface area contributed by atoms with E-state index in [9.17, 15) is 19.4 Å². The number of nitrogens with one attached hydrogen (secondary N) is 1. The molecule has 124 valence electrons. The van der Waals surface area contributed by atoms with Gasteiger partial charge in [0, 0.05) is 0 Å². The first-order valence-electron chi connectivity index (χ1n) is 6.58. The van der Waals surface area contributed by atoms with Crippen molar-refractivity contribution in [3.63, 3.8) is 0 Å². The van der Waals surface area contributed by atoms with Gasteiger partial charge in [-0.15, -0.1) is 0 Å². The quantitative estimate of drug-likeness (QED) is 0.467. The zero-order chi connectivity index (χ0) is 16.4. The third-order valence-electron chi connectivity index (χ3n) is 3.70. The van der Waals surface area contributed by atoms with Gasteiger partial charge < -0.3 is 20.5 Å². The number of aliphatic hydroxyl groups excluding tert-OH is 1. The molecule has 4 heterocycles. The molecule has 0 saturated carbocycles. The molecule has 5 atom stereocenters. The predicted molar refractivity (Wildman–Crippen MR) is 73.1 cm³/mol. The third-order valence-corrected chi connectivity index (χ3v) is 4.72. The van der Waals surface area contributed by atoms with Crippen LogP contribution in [-0.2, 0) is 18.3 Å². The van der Waals surface area contributed by atoms with Crippen LogP contribution in [0.5, 0.6) is 0 Å². The van der Waals surface area contributed by atoms with Crippen molar-refractivity contribution in [1.29, 1.82) is 0 Å². The molecule has 0 spiro atoms. The number of phosphoric acid groups is 1. The van der Waals surface area contributed by atoms with Crippen molar-refractivity contribution in [2.75, 3.05) is 12.3 Å². The number of hydrogen-bond donors (Lipinski definition) is 4.